The number of hydrogen-bond donors (Lipinski definition) is 0. The monoisotopic (exact) mass is 168 g/mol. The third kappa shape index (κ3) is 9.70. The van der Waals surface area contributed by atoms with E-state index in [9.17, 15) is 0 Å². The highest BCUT2D eigenvalue weighted by atomic mass is 14.5. The topological polar surface area (TPSA) is 23.8 Å². The van der Waals surface area contributed by atoms with Crippen molar-refractivity contribution >= 4 is 0 Å². The summed E-state index contributed by atoms with van der Waals surface area (Å²) in [5.74, 6) is 0. The van der Waals surface area contributed by atoms with Crippen molar-refractivity contribution in [2.45, 2.75) is 51.9 Å². The van der Waals surface area contributed by atoms with E-state index in [2.05, 4.69) is 19.1 Å². The van der Waals surface area contributed by atoms with Crippen molar-refractivity contribution in [3.05, 3.63) is 12.2 Å². The van der Waals surface area contributed by atoms with Crippen LogP contribution in [-0.2, 0) is 0 Å². The SMILES string of the molecule is CCCCC=CCCCCC[NH]. The van der Waals surface area contributed by atoms with E-state index in [-0.39, 0.29) is 0 Å². The van der Waals surface area contributed by atoms with Crippen molar-refractivity contribution in [3.8, 4) is 0 Å². The van der Waals surface area contributed by atoms with Crippen LogP contribution in [0.25, 0.3) is 0 Å². The molecule has 0 aliphatic heterocycles. The maximum absolute atomic E-state index is 6.96. The zero-order chi connectivity index (χ0) is 9.07. The molecule has 0 atom stereocenters. The Morgan fingerprint density at radius 3 is 2.17 bits per heavy atom. The third-order valence-electron chi connectivity index (χ3n) is 1.94. The molecule has 0 aliphatic rings. The fourth-order valence-corrected chi connectivity index (χ4v) is 1.12. The predicted octanol–water partition coefficient (Wildman–Crippen LogP) is 3.58. The molecular formula is C11H22N. The summed E-state index contributed by atoms with van der Waals surface area (Å²) >= 11 is 0. The van der Waals surface area contributed by atoms with Crippen molar-refractivity contribution in [1.82, 2.24) is 5.73 Å². The van der Waals surface area contributed by atoms with Crippen LogP contribution in [0.1, 0.15) is 51.9 Å². The molecule has 1 N–H and O–H groups in total. The highest BCUT2D eigenvalue weighted by molar-refractivity contribution is 4.80. The molecule has 1 radical (unpaired) electrons. The van der Waals surface area contributed by atoms with Crippen LogP contribution in [0.2, 0.25) is 0 Å². The summed E-state index contributed by atoms with van der Waals surface area (Å²) in [6.07, 6.45) is 13.2. The van der Waals surface area contributed by atoms with Gasteiger partial charge in [0.15, 0.2) is 0 Å². The molecule has 0 aliphatic carbocycles. The van der Waals surface area contributed by atoms with Gasteiger partial charge in [-0.2, -0.15) is 0 Å². The molecule has 0 saturated carbocycles. The molecule has 0 unspecified atom stereocenters. The molecule has 0 aromatic rings. The first-order valence-electron chi connectivity index (χ1n) is 5.21. The van der Waals surface area contributed by atoms with Gasteiger partial charge in [-0.05, 0) is 25.7 Å². The van der Waals surface area contributed by atoms with E-state index >= 15 is 0 Å². The number of hydrogen-bond acceptors (Lipinski definition) is 0. The Kier molecular flexibility index (Phi) is 10.4. The normalized spacial score (nSPS) is 11.2. The second-order valence-corrected chi connectivity index (χ2v) is 3.21. The second kappa shape index (κ2) is 10.7. The summed E-state index contributed by atoms with van der Waals surface area (Å²) in [4.78, 5) is 0. The first-order chi connectivity index (χ1) is 5.91. The van der Waals surface area contributed by atoms with Gasteiger partial charge in [-0.3, -0.25) is 5.73 Å². The summed E-state index contributed by atoms with van der Waals surface area (Å²) in [5, 5.41) is 0. The summed E-state index contributed by atoms with van der Waals surface area (Å²) < 4.78 is 0. The average molecular weight is 168 g/mol. The van der Waals surface area contributed by atoms with Crippen molar-refractivity contribution in [3.63, 3.8) is 0 Å². The van der Waals surface area contributed by atoms with E-state index in [0.29, 0.717) is 6.54 Å². The lowest BCUT2D eigenvalue weighted by Crippen LogP contribution is -1.83. The van der Waals surface area contributed by atoms with Crippen LogP contribution >= 0.6 is 0 Å². The summed E-state index contributed by atoms with van der Waals surface area (Å²) in [6.45, 7) is 2.82. The minimum atomic E-state index is 0.597. The summed E-state index contributed by atoms with van der Waals surface area (Å²) in [7, 11) is 0. The standard InChI is InChI=1S/C11H22N/c1-2-3-4-5-6-7-8-9-10-11-12/h5-6,12H,2-4,7-11H2,1H3. The van der Waals surface area contributed by atoms with Crippen LogP contribution in [0.4, 0.5) is 0 Å². The Balaban J connectivity index is 2.92. The van der Waals surface area contributed by atoms with Crippen molar-refractivity contribution in [2.75, 3.05) is 6.54 Å². The summed E-state index contributed by atoms with van der Waals surface area (Å²) in [6, 6.07) is 0. The third-order valence-corrected chi connectivity index (χ3v) is 1.94. The second-order valence-electron chi connectivity index (χ2n) is 3.21. The van der Waals surface area contributed by atoms with E-state index in [1.165, 1.54) is 38.5 Å². The van der Waals surface area contributed by atoms with E-state index in [1.807, 2.05) is 0 Å². The molecule has 1 nitrogen and oxygen atoms in total. The average Bonchev–Trinajstić information content (AvgIpc) is 2.10. The fraction of sp³-hybridized carbons (Fsp3) is 0.818. The van der Waals surface area contributed by atoms with Gasteiger partial charge in [-0.25, -0.2) is 0 Å². The molecule has 0 bridgehead atoms. The van der Waals surface area contributed by atoms with Gasteiger partial charge in [-0.15, -0.1) is 0 Å². The van der Waals surface area contributed by atoms with Crippen LogP contribution < -0.4 is 5.73 Å². The molecule has 0 fully saturated rings. The van der Waals surface area contributed by atoms with E-state index < -0.39 is 0 Å². The highest BCUT2D eigenvalue weighted by Crippen LogP contribution is 2.01. The van der Waals surface area contributed by atoms with Gasteiger partial charge in [0.1, 0.15) is 0 Å². The maximum Gasteiger partial charge on any atom is 0.00997 e. The molecule has 0 aromatic carbocycles. The molecule has 0 saturated heterocycles. The maximum atomic E-state index is 6.96. The summed E-state index contributed by atoms with van der Waals surface area (Å²) in [5.41, 5.74) is 6.96. The highest BCUT2D eigenvalue weighted by Gasteiger charge is 1.84. The van der Waals surface area contributed by atoms with E-state index in [1.54, 1.807) is 0 Å². The van der Waals surface area contributed by atoms with Gasteiger partial charge in [0.05, 0.1) is 0 Å². The van der Waals surface area contributed by atoms with Gasteiger partial charge >= 0.3 is 0 Å². The molecule has 12 heavy (non-hydrogen) atoms. The van der Waals surface area contributed by atoms with Crippen LogP contribution in [0.5, 0.6) is 0 Å². The molecule has 71 valence electrons. The molecule has 1 heteroatoms. The van der Waals surface area contributed by atoms with Crippen molar-refractivity contribution < 1.29 is 0 Å². The zero-order valence-corrected chi connectivity index (χ0v) is 8.31. The van der Waals surface area contributed by atoms with Gasteiger partial charge in [-0.1, -0.05) is 38.3 Å². The lowest BCUT2D eigenvalue weighted by Gasteiger charge is -1.93. The number of rotatable bonds is 8. The molecule has 0 heterocycles. The molecule has 0 spiro atoms. The first kappa shape index (κ1) is 11.7. The molecular weight excluding hydrogens is 146 g/mol. The van der Waals surface area contributed by atoms with Crippen LogP contribution in [0, 0.1) is 0 Å². The largest absolute Gasteiger partial charge is 0.258 e. The zero-order valence-electron chi connectivity index (χ0n) is 8.31. The van der Waals surface area contributed by atoms with Crippen LogP contribution in [-0.4, -0.2) is 6.54 Å². The number of nitrogens with one attached hydrogen (secondary N) is 1. The lowest BCUT2D eigenvalue weighted by atomic mass is 10.1. The van der Waals surface area contributed by atoms with E-state index in [0.717, 1.165) is 6.42 Å². The predicted molar refractivity (Wildman–Crippen MR) is 55.1 cm³/mol. The minimum Gasteiger partial charge on any atom is -0.258 e. The van der Waals surface area contributed by atoms with Gasteiger partial charge in [0, 0.05) is 6.54 Å². The van der Waals surface area contributed by atoms with Crippen LogP contribution in [0.3, 0.4) is 0 Å². The fourth-order valence-electron chi connectivity index (χ4n) is 1.12. The number of unbranched alkanes of at least 4 members (excludes halogenated alkanes) is 5. The Morgan fingerprint density at radius 2 is 1.58 bits per heavy atom. The molecule has 0 rings (SSSR count). The van der Waals surface area contributed by atoms with Crippen molar-refractivity contribution in [1.29, 1.82) is 0 Å². The Bertz CT molecular complexity index is 97.2. The van der Waals surface area contributed by atoms with Crippen molar-refractivity contribution in [2.24, 2.45) is 0 Å². The smallest absolute Gasteiger partial charge is 0.00997 e. The van der Waals surface area contributed by atoms with Gasteiger partial charge in [0.2, 0.25) is 0 Å². The van der Waals surface area contributed by atoms with Gasteiger partial charge in [0.25, 0.3) is 0 Å². The Hall–Kier alpha value is -0.300. The van der Waals surface area contributed by atoms with Crippen LogP contribution in [0.15, 0.2) is 12.2 Å². The minimum absolute atomic E-state index is 0.597. The first-order valence-corrected chi connectivity index (χ1v) is 5.21. The van der Waals surface area contributed by atoms with E-state index in [4.69, 9.17) is 5.73 Å². The number of allylic oxidation sites excluding steroid dienone is 2. The lowest BCUT2D eigenvalue weighted by molar-refractivity contribution is 0.687. The molecule has 0 amide bonds. The van der Waals surface area contributed by atoms with Gasteiger partial charge < -0.3 is 0 Å². The quantitative estimate of drug-likeness (QED) is 0.391. The Morgan fingerprint density at radius 1 is 0.917 bits per heavy atom. The molecule has 0 aromatic heterocycles. The Labute approximate surface area is 77.0 Å².